The van der Waals surface area contributed by atoms with Gasteiger partial charge >= 0.3 is 0 Å². The third kappa shape index (κ3) is 2.83. The number of nitrogens with one attached hydrogen (secondary N) is 1. The Morgan fingerprint density at radius 1 is 1.50 bits per heavy atom. The Labute approximate surface area is 103 Å². The lowest BCUT2D eigenvalue weighted by molar-refractivity contribution is -0.552. The summed E-state index contributed by atoms with van der Waals surface area (Å²) in [6, 6.07) is 1.30. The van der Waals surface area contributed by atoms with Crippen molar-refractivity contribution in [1.29, 1.82) is 0 Å². The maximum Gasteiger partial charge on any atom is 0.298 e. The van der Waals surface area contributed by atoms with E-state index in [0.717, 1.165) is 6.20 Å². The van der Waals surface area contributed by atoms with E-state index in [1.807, 2.05) is 0 Å². The van der Waals surface area contributed by atoms with Gasteiger partial charge in [0, 0.05) is 16.9 Å². The molecule has 98 valence electrons. The standard InChI is InChI=1S/C10H14N4O4/c15-8-3-1-7(2-4-8)11-10(16)9-5-6-13(12-9)14(17)18/h5-8,15H,1-4H2,(H,11,16). The summed E-state index contributed by atoms with van der Waals surface area (Å²) < 4.78 is 0. The molecule has 2 rings (SSSR count). The highest BCUT2D eigenvalue weighted by Gasteiger charge is 2.24. The molecule has 0 atom stereocenters. The molecule has 1 amide bonds. The lowest BCUT2D eigenvalue weighted by Crippen LogP contribution is -2.38. The molecule has 0 saturated heterocycles. The van der Waals surface area contributed by atoms with Crippen molar-refractivity contribution >= 4 is 5.91 Å². The van der Waals surface area contributed by atoms with E-state index in [1.54, 1.807) is 0 Å². The third-order valence-electron chi connectivity index (χ3n) is 3.01. The van der Waals surface area contributed by atoms with Gasteiger partial charge in [-0.3, -0.25) is 4.79 Å². The van der Waals surface area contributed by atoms with Gasteiger partial charge in [-0.25, -0.2) is 0 Å². The molecule has 1 fully saturated rings. The van der Waals surface area contributed by atoms with Gasteiger partial charge in [0.15, 0.2) is 0 Å². The van der Waals surface area contributed by atoms with E-state index in [0.29, 0.717) is 30.5 Å². The Hall–Kier alpha value is -1.96. The van der Waals surface area contributed by atoms with Crippen LogP contribution in [-0.2, 0) is 0 Å². The van der Waals surface area contributed by atoms with Gasteiger partial charge in [-0.1, -0.05) is 0 Å². The van der Waals surface area contributed by atoms with Crippen molar-refractivity contribution in [2.75, 3.05) is 0 Å². The molecule has 1 saturated carbocycles. The first-order chi connectivity index (χ1) is 8.56. The quantitative estimate of drug-likeness (QED) is 0.580. The van der Waals surface area contributed by atoms with Crippen LogP contribution in [0.5, 0.6) is 0 Å². The number of aliphatic hydroxyl groups is 1. The molecule has 0 aliphatic heterocycles. The summed E-state index contributed by atoms with van der Waals surface area (Å²) in [4.78, 5) is 22.7. The minimum atomic E-state index is -0.715. The van der Waals surface area contributed by atoms with Crippen LogP contribution in [0, 0.1) is 10.1 Å². The van der Waals surface area contributed by atoms with Crippen LogP contribution in [-0.4, -0.2) is 38.1 Å². The Balaban J connectivity index is 1.93. The van der Waals surface area contributed by atoms with E-state index in [2.05, 4.69) is 10.4 Å². The predicted molar refractivity (Wildman–Crippen MR) is 60.3 cm³/mol. The van der Waals surface area contributed by atoms with Gasteiger partial charge < -0.3 is 20.5 Å². The third-order valence-corrected chi connectivity index (χ3v) is 3.01. The number of nitrogens with zero attached hydrogens (tertiary/aromatic N) is 3. The monoisotopic (exact) mass is 254 g/mol. The van der Waals surface area contributed by atoms with E-state index in [-0.39, 0.29) is 17.8 Å². The van der Waals surface area contributed by atoms with Crippen LogP contribution in [0.3, 0.4) is 0 Å². The number of nitro groups is 1. The molecule has 0 radical (unpaired) electrons. The molecule has 2 N–H and O–H groups in total. The highest BCUT2D eigenvalue weighted by Crippen LogP contribution is 2.18. The van der Waals surface area contributed by atoms with Crippen molar-refractivity contribution in [3.05, 3.63) is 28.1 Å². The van der Waals surface area contributed by atoms with Crippen LogP contribution in [0.2, 0.25) is 0 Å². The van der Waals surface area contributed by atoms with Crippen LogP contribution in [0.4, 0.5) is 0 Å². The number of hydrogen-bond acceptors (Lipinski definition) is 5. The average molecular weight is 254 g/mol. The maximum absolute atomic E-state index is 11.8. The fourth-order valence-corrected chi connectivity index (χ4v) is 2.01. The second kappa shape index (κ2) is 5.13. The molecular weight excluding hydrogens is 240 g/mol. The first-order valence-corrected chi connectivity index (χ1v) is 5.75. The number of carbonyl (C=O) groups is 1. The number of amides is 1. The summed E-state index contributed by atoms with van der Waals surface area (Å²) >= 11 is 0. The zero-order valence-corrected chi connectivity index (χ0v) is 9.65. The summed E-state index contributed by atoms with van der Waals surface area (Å²) in [6.07, 6.45) is 3.58. The summed E-state index contributed by atoms with van der Waals surface area (Å²) in [5.41, 5.74) is 0.0258. The Bertz CT molecular complexity index is 450. The highest BCUT2D eigenvalue weighted by molar-refractivity contribution is 5.92. The number of rotatable bonds is 3. The second-order valence-electron chi connectivity index (χ2n) is 4.34. The summed E-state index contributed by atoms with van der Waals surface area (Å²) in [5.74, 6) is -0.419. The van der Waals surface area contributed by atoms with Gasteiger partial charge in [0.05, 0.1) is 16.2 Å². The lowest BCUT2D eigenvalue weighted by atomic mass is 9.93. The second-order valence-corrected chi connectivity index (χ2v) is 4.34. The van der Waals surface area contributed by atoms with Crippen molar-refractivity contribution in [1.82, 2.24) is 15.2 Å². The van der Waals surface area contributed by atoms with Crippen molar-refractivity contribution in [3.8, 4) is 0 Å². The molecule has 1 heterocycles. The topological polar surface area (TPSA) is 110 Å². The SMILES string of the molecule is O=C(NC1CCC(O)CC1)c1ccn([N+](=O)[O-])n1. The molecular formula is C10H14N4O4. The van der Waals surface area contributed by atoms with Gasteiger partial charge in [-0.2, -0.15) is 0 Å². The van der Waals surface area contributed by atoms with E-state index >= 15 is 0 Å². The van der Waals surface area contributed by atoms with Crippen LogP contribution in [0.1, 0.15) is 36.2 Å². The highest BCUT2D eigenvalue weighted by atomic mass is 16.7. The van der Waals surface area contributed by atoms with E-state index in [9.17, 15) is 20.0 Å². The predicted octanol–water partition coefficient (Wildman–Crippen LogP) is -0.0438. The first kappa shape index (κ1) is 12.5. The van der Waals surface area contributed by atoms with E-state index < -0.39 is 10.9 Å². The molecule has 0 aromatic carbocycles. The van der Waals surface area contributed by atoms with Crippen LogP contribution >= 0.6 is 0 Å². The molecule has 1 aliphatic rings. The molecule has 8 heteroatoms. The maximum atomic E-state index is 11.8. The molecule has 18 heavy (non-hydrogen) atoms. The zero-order chi connectivity index (χ0) is 13.1. The van der Waals surface area contributed by atoms with Gasteiger partial charge in [0.2, 0.25) is 0 Å². The van der Waals surface area contributed by atoms with Crippen molar-refractivity contribution in [2.24, 2.45) is 0 Å². The molecule has 0 unspecified atom stereocenters. The molecule has 0 spiro atoms. The first-order valence-electron chi connectivity index (χ1n) is 5.75. The van der Waals surface area contributed by atoms with Gasteiger partial charge in [-0.15, -0.1) is 0 Å². The van der Waals surface area contributed by atoms with Crippen molar-refractivity contribution in [3.63, 3.8) is 0 Å². The number of carbonyl (C=O) groups excluding carboxylic acids is 1. The van der Waals surface area contributed by atoms with Gasteiger partial charge in [0.25, 0.3) is 11.6 Å². The largest absolute Gasteiger partial charge is 0.393 e. The lowest BCUT2D eigenvalue weighted by Gasteiger charge is -2.25. The molecule has 8 nitrogen and oxygen atoms in total. The summed E-state index contributed by atoms with van der Waals surface area (Å²) in [5, 5.41) is 25.3. The van der Waals surface area contributed by atoms with Gasteiger partial charge in [0.1, 0.15) is 6.20 Å². The molecule has 1 aliphatic carbocycles. The average Bonchev–Trinajstić information content (AvgIpc) is 2.81. The fraction of sp³-hybridized carbons (Fsp3) is 0.600. The van der Waals surface area contributed by atoms with Crippen LogP contribution in [0.25, 0.3) is 0 Å². The van der Waals surface area contributed by atoms with Crippen LogP contribution in [0.15, 0.2) is 12.3 Å². The Morgan fingerprint density at radius 2 is 2.17 bits per heavy atom. The Kier molecular flexibility index (Phi) is 3.56. The molecule has 1 aromatic rings. The minimum Gasteiger partial charge on any atom is -0.393 e. The number of aliphatic hydroxyl groups excluding tert-OH is 1. The zero-order valence-electron chi connectivity index (χ0n) is 9.65. The van der Waals surface area contributed by atoms with Crippen LogP contribution < -0.4 is 5.32 Å². The number of aromatic nitrogens is 2. The van der Waals surface area contributed by atoms with Crippen molar-refractivity contribution < 1.29 is 14.9 Å². The van der Waals surface area contributed by atoms with E-state index in [4.69, 9.17) is 0 Å². The number of hydrogen-bond donors (Lipinski definition) is 2. The normalized spacial score (nSPS) is 23.6. The summed E-state index contributed by atoms with van der Waals surface area (Å²) in [7, 11) is 0. The smallest absolute Gasteiger partial charge is 0.298 e. The Morgan fingerprint density at radius 3 is 2.72 bits per heavy atom. The van der Waals surface area contributed by atoms with Crippen molar-refractivity contribution in [2.45, 2.75) is 37.8 Å². The molecule has 0 bridgehead atoms. The fourth-order valence-electron chi connectivity index (χ4n) is 2.01. The summed E-state index contributed by atoms with van der Waals surface area (Å²) in [6.45, 7) is 0. The molecule has 1 aromatic heterocycles. The minimum absolute atomic E-state index is 0.00153. The van der Waals surface area contributed by atoms with E-state index in [1.165, 1.54) is 6.07 Å². The van der Waals surface area contributed by atoms with Gasteiger partial charge in [-0.05, 0) is 25.7 Å².